The highest BCUT2D eigenvalue weighted by Crippen LogP contribution is 2.32. The van der Waals surface area contributed by atoms with Gasteiger partial charge in [0.15, 0.2) is 5.78 Å². The molecule has 0 amide bonds. The molecule has 2 nitrogen and oxygen atoms in total. The summed E-state index contributed by atoms with van der Waals surface area (Å²) >= 11 is 18.2. The summed E-state index contributed by atoms with van der Waals surface area (Å²) < 4.78 is 5.34. The lowest BCUT2D eigenvalue weighted by molar-refractivity contribution is 0.0993. The van der Waals surface area contributed by atoms with Gasteiger partial charge < -0.3 is 4.74 Å². The Morgan fingerprint density at radius 2 is 1.86 bits per heavy atom. The summed E-state index contributed by atoms with van der Waals surface area (Å²) in [6.07, 6.45) is 0.213. The Morgan fingerprint density at radius 1 is 1.10 bits per heavy atom. The van der Waals surface area contributed by atoms with Crippen molar-refractivity contribution in [2.45, 2.75) is 13.3 Å². The van der Waals surface area contributed by atoms with Gasteiger partial charge in [-0.2, -0.15) is 0 Å². The fraction of sp³-hybridized carbons (Fsp3) is 0.188. The summed E-state index contributed by atoms with van der Waals surface area (Å²) in [5.41, 5.74) is 1.21. The van der Waals surface area contributed by atoms with Crippen LogP contribution in [0.1, 0.15) is 22.8 Å². The van der Waals surface area contributed by atoms with E-state index >= 15 is 0 Å². The maximum atomic E-state index is 12.3. The number of carbonyl (C=O) groups excluding carboxylic acids is 1. The summed E-state index contributed by atoms with van der Waals surface area (Å²) in [5.74, 6) is 0.357. The minimum absolute atomic E-state index is 0.118. The molecular weight excluding hydrogens is 331 g/mol. The van der Waals surface area contributed by atoms with E-state index in [2.05, 4.69) is 0 Å². The third kappa shape index (κ3) is 4.13. The summed E-state index contributed by atoms with van der Waals surface area (Å²) in [4.78, 5) is 12.3. The molecular formula is C16H13Cl3O2. The van der Waals surface area contributed by atoms with E-state index < -0.39 is 0 Å². The largest absolute Gasteiger partial charge is 0.492 e. The standard InChI is InChI=1S/C16H13Cl3O2/c1-2-21-16-9-13(18)12(8-14(16)19)15(20)7-10-4-3-5-11(17)6-10/h3-6,8-9H,2,7H2,1H3. The molecule has 0 spiro atoms. The van der Waals surface area contributed by atoms with Crippen molar-refractivity contribution in [3.05, 3.63) is 62.6 Å². The molecule has 110 valence electrons. The van der Waals surface area contributed by atoms with Crippen LogP contribution in [0.5, 0.6) is 5.75 Å². The number of benzene rings is 2. The molecule has 0 radical (unpaired) electrons. The van der Waals surface area contributed by atoms with Crippen LogP contribution in [0, 0.1) is 0 Å². The zero-order chi connectivity index (χ0) is 15.4. The summed E-state index contributed by atoms with van der Waals surface area (Å²) in [5, 5.41) is 1.29. The van der Waals surface area contributed by atoms with Crippen LogP contribution in [0.4, 0.5) is 0 Å². The number of ketones is 1. The number of Topliss-reactive ketones (excluding diaryl/α,β-unsaturated/α-hetero) is 1. The molecule has 0 saturated carbocycles. The third-order valence-electron chi connectivity index (χ3n) is 2.88. The predicted octanol–water partition coefficient (Wildman–Crippen LogP) is 5.47. The molecule has 0 aliphatic rings. The van der Waals surface area contributed by atoms with Crippen molar-refractivity contribution >= 4 is 40.6 Å². The zero-order valence-corrected chi connectivity index (χ0v) is 13.6. The second-order valence-corrected chi connectivity index (χ2v) is 5.68. The highest BCUT2D eigenvalue weighted by molar-refractivity contribution is 6.37. The lowest BCUT2D eigenvalue weighted by Crippen LogP contribution is -2.05. The van der Waals surface area contributed by atoms with Crippen LogP contribution in [0.25, 0.3) is 0 Å². The molecule has 0 heterocycles. The summed E-state index contributed by atoms with van der Waals surface area (Å²) in [6.45, 7) is 2.33. The highest BCUT2D eigenvalue weighted by atomic mass is 35.5. The molecule has 0 fully saturated rings. The lowest BCUT2D eigenvalue weighted by Gasteiger charge is -2.10. The molecule has 5 heteroatoms. The Balaban J connectivity index is 2.25. The molecule has 2 rings (SSSR count). The van der Waals surface area contributed by atoms with E-state index in [1.54, 1.807) is 30.3 Å². The van der Waals surface area contributed by atoms with Crippen LogP contribution in [0.3, 0.4) is 0 Å². The summed E-state index contributed by atoms with van der Waals surface area (Å²) in [7, 11) is 0. The van der Waals surface area contributed by atoms with Gasteiger partial charge in [0.2, 0.25) is 0 Å². The van der Waals surface area contributed by atoms with E-state index in [-0.39, 0.29) is 12.2 Å². The monoisotopic (exact) mass is 342 g/mol. The molecule has 21 heavy (non-hydrogen) atoms. The SMILES string of the molecule is CCOc1cc(Cl)c(C(=O)Cc2cccc(Cl)c2)cc1Cl. The van der Waals surface area contributed by atoms with Gasteiger partial charge in [0.1, 0.15) is 5.75 Å². The first-order valence-corrected chi connectivity index (χ1v) is 7.54. The second-order valence-electron chi connectivity index (χ2n) is 4.43. The van der Waals surface area contributed by atoms with Crippen LogP contribution in [-0.4, -0.2) is 12.4 Å². The minimum atomic E-state index is -0.118. The van der Waals surface area contributed by atoms with E-state index in [1.165, 1.54) is 0 Å². The molecule has 0 saturated heterocycles. The quantitative estimate of drug-likeness (QED) is 0.673. The second kappa shape index (κ2) is 7.17. The third-order valence-corrected chi connectivity index (χ3v) is 3.72. The van der Waals surface area contributed by atoms with Gasteiger partial charge in [0, 0.05) is 23.1 Å². The number of carbonyl (C=O) groups is 1. The molecule has 2 aromatic rings. The molecule has 0 bridgehead atoms. The van der Waals surface area contributed by atoms with Crippen molar-refractivity contribution < 1.29 is 9.53 Å². The van der Waals surface area contributed by atoms with Gasteiger partial charge in [0.25, 0.3) is 0 Å². The normalized spacial score (nSPS) is 10.5. The van der Waals surface area contributed by atoms with Gasteiger partial charge >= 0.3 is 0 Å². The van der Waals surface area contributed by atoms with Gasteiger partial charge in [0.05, 0.1) is 16.7 Å². The number of ether oxygens (including phenoxy) is 1. The Kier molecular flexibility index (Phi) is 5.51. The number of rotatable bonds is 5. The maximum absolute atomic E-state index is 12.3. The van der Waals surface area contributed by atoms with Crippen LogP contribution in [0.2, 0.25) is 15.1 Å². The molecule has 0 aromatic heterocycles. The van der Waals surface area contributed by atoms with Gasteiger partial charge in [-0.15, -0.1) is 0 Å². The predicted molar refractivity (Wildman–Crippen MR) is 87.1 cm³/mol. The molecule has 0 aliphatic heterocycles. The van der Waals surface area contributed by atoms with Crippen molar-refractivity contribution in [2.75, 3.05) is 6.61 Å². The van der Waals surface area contributed by atoms with Gasteiger partial charge in [-0.1, -0.05) is 46.9 Å². The van der Waals surface area contributed by atoms with Crippen LogP contribution in [0.15, 0.2) is 36.4 Å². The average molecular weight is 344 g/mol. The van der Waals surface area contributed by atoms with E-state index in [9.17, 15) is 4.79 Å². The van der Waals surface area contributed by atoms with Gasteiger partial charge in [-0.05, 0) is 30.7 Å². The first-order chi connectivity index (χ1) is 10.0. The number of halogens is 3. The molecule has 0 N–H and O–H groups in total. The van der Waals surface area contributed by atoms with E-state index in [1.807, 2.05) is 13.0 Å². The number of hydrogen-bond donors (Lipinski definition) is 0. The Morgan fingerprint density at radius 3 is 2.52 bits per heavy atom. The van der Waals surface area contributed by atoms with E-state index in [0.29, 0.717) is 33.0 Å². The zero-order valence-electron chi connectivity index (χ0n) is 11.3. The molecule has 0 unspecified atom stereocenters. The molecule has 0 aliphatic carbocycles. The molecule has 2 aromatic carbocycles. The fourth-order valence-corrected chi connectivity index (χ4v) is 2.63. The average Bonchev–Trinajstić information content (AvgIpc) is 2.42. The summed E-state index contributed by atoms with van der Waals surface area (Å²) in [6, 6.07) is 10.3. The van der Waals surface area contributed by atoms with E-state index in [4.69, 9.17) is 39.5 Å². The van der Waals surface area contributed by atoms with Crippen LogP contribution < -0.4 is 4.74 Å². The first-order valence-electron chi connectivity index (χ1n) is 6.40. The van der Waals surface area contributed by atoms with Crippen molar-refractivity contribution in [1.29, 1.82) is 0 Å². The van der Waals surface area contributed by atoms with Crippen LogP contribution >= 0.6 is 34.8 Å². The highest BCUT2D eigenvalue weighted by Gasteiger charge is 2.15. The Labute approximate surface area is 138 Å². The van der Waals surface area contributed by atoms with Crippen LogP contribution in [-0.2, 0) is 6.42 Å². The van der Waals surface area contributed by atoms with Crippen molar-refractivity contribution in [1.82, 2.24) is 0 Å². The fourth-order valence-electron chi connectivity index (χ4n) is 1.94. The van der Waals surface area contributed by atoms with Crippen molar-refractivity contribution in [3.8, 4) is 5.75 Å². The minimum Gasteiger partial charge on any atom is -0.492 e. The topological polar surface area (TPSA) is 26.3 Å². The van der Waals surface area contributed by atoms with E-state index in [0.717, 1.165) is 5.56 Å². The Hall–Kier alpha value is -1.22. The van der Waals surface area contributed by atoms with Gasteiger partial charge in [-0.25, -0.2) is 0 Å². The Bertz CT molecular complexity index is 669. The smallest absolute Gasteiger partial charge is 0.168 e. The first kappa shape index (κ1) is 16.2. The number of hydrogen-bond acceptors (Lipinski definition) is 2. The van der Waals surface area contributed by atoms with Gasteiger partial charge in [-0.3, -0.25) is 4.79 Å². The van der Waals surface area contributed by atoms with Crippen molar-refractivity contribution in [3.63, 3.8) is 0 Å². The van der Waals surface area contributed by atoms with Crippen molar-refractivity contribution in [2.24, 2.45) is 0 Å². The maximum Gasteiger partial charge on any atom is 0.168 e. The molecule has 0 atom stereocenters. The lowest BCUT2D eigenvalue weighted by atomic mass is 10.0.